The minimum absolute atomic E-state index is 0.107. The molecule has 0 saturated carbocycles. The van der Waals surface area contributed by atoms with Gasteiger partial charge in [0.25, 0.3) is 0 Å². The molecule has 0 spiro atoms. The number of aromatic nitrogens is 3. The highest BCUT2D eigenvalue weighted by Gasteiger charge is 2.34. The fourth-order valence-corrected chi connectivity index (χ4v) is 2.07. The third-order valence-corrected chi connectivity index (χ3v) is 3.55. The molecule has 1 aromatic rings. The lowest BCUT2D eigenvalue weighted by Gasteiger charge is -2.19. The van der Waals surface area contributed by atoms with Crippen molar-refractivity contribution in [2.75, 3.05) is 26.2 Å². The molecule has 0 fully saturated rings. The maximum Gasteiger partial charge on any atom is 0.320 e. The van der Waals surface area contributed by atoms with Gasteiger partial charge in [-0.25, -0.2) is 4.98 Å². The van der Waals surface area contributed by atoms with Gasteiger partial charge in [-0.15, -0.1) is 13.2 Å². The number of alkyl halides is 6. The van der Waals surface area contributed by atoms with Crippen LogP contribution in [0.4, 0.5) is 0 Å². The Morgan fingerprint density at radius 3 is 1.71 bits per heavy atom. The molecule has 134 valence electrons. The number of hydrogen-bond acceptors (Lipinski definition) is 5. The highest BCUT2D eigenvalue weighted by atomic mass is 35.6. The highest BCUT2D eigenvalue weighted by Crippen LogP contribution is 2.40. The van der Waals surface area contributed by atoms with Crippen LogP contribution in [0.15, 0.2) is 25.3 Å². The lowest BCUT2D eigenvalue weighted by Crippen LogP contribution is -2.29. The molecule has 0 radical (unpaired) electrons. The zero-order valence-electron chi connectivity index (χ0n) is 12.4. The molecule has 1 rings (SSSR count). The van der Waals surface area contributed by atoms with Crippen molar-refractivity contribution in [3.63, 3.8) is 0 Å². The van der Waals surface area contributed by atoms with Gasteiger partial charge in [0.2, 0.25) is 7.59 Å². The van der Waals surface area contributed by atoms with Crippen LogP contribution in [0.2, 0.25) is 0 Å². The second-order valence-corrected chi connectivity index (χ2v) is 9.01. The van der Waals surface area contributed by atoms with Crippen LogP contribution in [-0.4, -0.2) is 46.1 Å². The number of halogens is 6. The Morgan fingerprint density at radius 1 is 0.875 bits per heavy atom. The van der Waals surface area contributed by atoms with Crippen LogP contribution in [-0.2, 0) is 7.59 Å². The molecule has 0 aliphatic rings. The number of rotatable bonds is 8. The third kappa shape index (κ3) is 7.48. The lowest BCUT2D eigenvalue weighted by molar-refractivity contribution is 0.222. The van der Waals surface area contributed by atoms with E-state index in [0.29, 0.717) is 19.6 Å². The van der Waals surface area contributed by atoms with Gasteiger partial charge in [0.05, 0.1) is 0 Å². The minimum atomic E-state index is -1.91. The van der Waals surface area contributed by atoms with Crippen molar-refractivity contribution in [1.82, 2.24) is 19.9 Å². The largest absolute Gasteiger partial charge is 0.462 e. The predicted octanol–water partition coefficient (Wildman–Crippen LogP) is 4.58. The topological polar surface area (TPSA) is 51.1 Å². The first-order valence-electron chi connectivity index (χ1n) is 6.55. The van der Waals surface area contributed by atoms with E-state index in [1.165, 1.54) is 0 Å². The smallest absolute Gasteiger partial charge is 0.320 e. The van der Waals surface area contributed by atoms with E-state index >= 15 is 0 Å². The average Bonchev–Trinajstić information content (AvgIpc) is 2.45. The molecule has 0 aromatic carbocycles. The van der Waals surface area contributed by atoms with Crippen molar-refractivity contribution in [2.24, 2.45) is 0 Å². The Labute approximate surface area is 170 Å². The second kappa shape index (κ2) is 9.62. The summed E-state index contributed by atoms with van der Waals surface area (Å²) in [5.41, 5.74) is 0. The molecule has 0 amide bonds. The van der Waals surface area contributed by atoms with Crippen LogP contribution in [0.25, 0.3) is 0 Å². The molecule has 0 saturated heterocycles. The van der Waals surface area contributed by atoms with Crippen LogP contribution < -0.4 is 4.74 Å². The average molecular weight is 455 g/mol. The molecule has 0 atom stereocenters. The van der Waals surface area contributed by atoms with Gasteiger partial charge < -0.3 is 4.74 Å². The van der Waals surface area contributed by atoms with E-state index < -0.39 is 7.59 Å². The molecule has 0 bridgehead atoms. The van der Waals surface area contributed by atoms with Crippen molar-refractivity contribution < 1.29 is 4.74 Å². The van der Waals surface area contributed by atoms with Crippen LogP contribution >= 0.6 is 69.6 Å². The maximum absolute atomic E-state index is 5.78. The van der Waals surface area contributed by atoms with E-state index in [4.69, 9.17) is 74.3 Å². The summed E-state index contributed by atoms with van der Waals surface area (Å²) < 4.78 is 1.65. The monoisotopic (exact) mass is 452 g/mol. The third-order valence-electron chi connectivity index (χ3n) is 2.54. The summed E-state index contributed by atoms with van der Waals surface area (Å²) in [5, 5.41) is 0. The molecule has 24 heavy (non-hydrogen) atoms. The van der Waals surface area contributed by atoms with E-state index in [0.717, 1.165) is 0 Å². The maximum atomic E-state index is 5.78. The van der Waals surface area contributed by atoms with Gasteiger partial charge in [-0.2, -0.15) is 9.97 Å². The summed E-state index contributed by atoms with van der Waals surface area (Å²) in [6, 6.07) is -0.107. The van der Waals surface area contributed by atoms with E-state index in [2.05, 4.69) is 28.1 Å². The van der Waals surface area contributed by atoms with Crippen molar-refractivity contribution >= 4 is 69.6 Å². The molecule has 1 heterocycles. The minimum Gasteiger partial charge on any atom is -0.462 e. The van der Waals surface area contributed by atoms with E-state index in [9.17, 15) is 0 Å². The number of nitrogens with zero attached hydrogens (tertiary/aromatic N) is 4. The fourth-order valence-electron chi connectivity index (χ4n) is 1.56. The van der Waals surface area contributed by atoms with E-state index in [1.54, 1.807) is 12.2 Å². The lowest BCUT2D eigenvalue weighted by atomic mass is 10.4. The molecule has 1 aromatic heterocycles. The summed E-state index contributed by atoms with van der Waals surface area (Å²) in [6.45, 7) is 9.54. The predicted molar refractivity (Wildman–Crippen MR) is 101 cm³/mol. The molecule has 5 nitrogen and oxygen atoms in total. The Kier molecular flexibility index (Phi) is 8.83. The van der Waals surface area contributed by atoms with Gasteiger partial charge in [-0.05, 0) is 0 Å². The highest BCUT2D eigenvalue weighted by molar-refractivity contribution is 6.67. The van der Waals surface area contributed by atoms with Crippen LogP contribution in [0.3, 0.4) is 0 Å². The van der Waals surface area contributed by atoms with Gasteiger partial charge in [0.1, 0.15) is 6.61 Å². The number of ether oxygens (including phenoxy) is 1. The first kappa shape index (κ1) is 22.0. The molecule has 0 aliphatic heterocycles. The van der Waals surface area contributed by atoms with Crippen molar-refractivity contribution in [2.45, 2.75) is 7.59 Å². The van der Waals surface area contributed by atoms with Gasteiger partial charge in [0, 0.05) is 19.6 Å². The Bertz CT molecular complexity index is 530. The Balaban J connectivity index is 2.90. The van der Waals surface area contributed by atoms with Crippen molar-refractivity contribution in [3.05, 3.63) is 37.0 Å². The molecule has 0 unspecified atom stereocenters. The van der Waals surface area contributed by atoms with Crippen LogP contribution in [0.5, 0.6) is 6.01 Å². The van der Waals surface area contributed by atoms with Crippen LogP contribution in [0.1, 0.15) is 11.6 Å². The summed E-state index contributed by atoms with van der Waals surface area (Å²) in [4.78, 5) is 13.7. The zero-order valence-corrected chi connectivity index (χ0v) is 16.9. The van der Waals surface area contributed by atoms with Gasteiger partial charge >= 0.3 is 6.01 Å². The van der Waals surface area contributed by atoms with Gasteiger partial charge in [0.15, 0.2) is 11.6 Å². The summed E-state index contributed by atoms with van der Waals surface area (Å²) in [7, 11) is 0. The summed E-state index contributed by atoms with van der Waals surface area (Å²) in [5.74, 6) is -0.402. The van der Waals surface area contributed by atoms with E-state index in [1.807, 2.05) is 4.90 Å². The summed E-state index contributed by atoms with van der Waals surface area (Å²) >= 11 is 34.7. The molecule has 0 N–H and O–H groups in total. The SMILES string of the molecule is C=CCN(CC=C)CCOc1nc(C(Cl)(Cl)Cl)nc(C(Cl)(Cl)Cl)n1. The molecule has 11 heteroatoms. The van der Waals surface area contributed by atoms with E-state index in [-0.39, 0.29) is 24.3 Å². The van der Waals surface area contributed by atoms with Crippen molar-refractivity contribution in [1.29, 1.82) is 0 Å². The molecular formula is C13H14Cl6N4O. The molecule has 0 aliphatic carbocycles. The quantitative estimate of drug-likeness (QED) is 0.425. The Morgan fingerprint density at radius 2 is 1.33 bits per heavy atom. The molecular weight excluding hydrogens is 441 g/mol. The van der Waals surface area contributed by atoms with Gasteiger partial charge in [-0.3, -0.25) is 4.90 Å². The standard InChI is InChI=1S/C13H14Cl6N4O/c1-3-5-23(6-4-2)7-8-24-11-21-9(12(14,15)16)20-10(22-11)13(17,18)19/h3-4H,1-2,5-8H2. The zero-order chi connectivity index (χ0) is 18.4. The normalized spacial score (nSPS) is 12.3. The first-order chi connectivity index (χ1) is 11.1. The Hall–Kier alpha value is -0.0100. The summed E-state index contributed by atoms with van der Waals surface area (Å²) in [6.07, 6.45) is 3.54. The van der Waals surface area contributed by atoms with Crippen molar-refractivity contribution in [3.8, 4) is 6.01 Å². The van der Waals surface area contributed by atoms with Crippen LogP contribution in [0, 0.1) is 0 Å². The first-order valence-corrected chi connectivity index (χ1v) is 8.82. The second-order valence-electron chi connectivity index (χ2n) is 4.45. The number of hydrogen-bond donors (Lipinski definition) is 0. The fraction of sp³-hybridized carbons (Fsp3) is 0.462. The van der Waals surface area contributed by atoms with Gasteiger partial charge in [-0.1, -0.05) is 81.8 Å².